The van der Waals surface area contributed by atoms with Gasteiger partial charge in [-0.3, -0.25) is 18.6 Å². The minimum Gasteiger partial charge on any atom is -0.498 e. The Labute approximate surface area is 312 Å². The molecule has 0 aromatic heterocycles. The van der Waals surface area contributed by atoms with Crippen molar-refractivity contribution >= 4 is 19.6 Å². The third-order valence-electron chi connectivity index (χ3n) is 8.60. The average Bonchev–Trinajstić information content (AvgIpc) is 3.11. The normalized spacial score (nSPS) is 13.7. The van der Waals surface area contributed by atoms with Crippen LogP contribution in [0.5, 0.6) is 0 Å². The van der Waals surface area contributed by atoms with Crippen LogP contribution in [0.15, 0.2) is 36.6 Å². The number of ether oxygens (including phenoxy) is 2. The molecule has 51 heavy (non-hydrogen) atoms. The Morgan fingerprint density at radius 1 is 0.647 bits per heavy atom. The number of phosphoric acid groups is 1. The van der Waals surface area contributed by atoms with Crippen LogP contribution in [0.4, 0.5) is 0 Å². The number of phosphoric ester groups is 1. The van der Waals surface area contributed by atoms with Gasteiger partial charge in [-0.15, -0.1) is 0 Å². The molecule has 0 rings (SSSR count). The van der Waals surface area contributed by atoms with E-state index in [2.05, 4.69) is 19.9 Å². The van der Waals surface area contributed by atoms with Crippen LogP contribution < -0.4 is 5.73 Å². The quantitative estimate of drug-likeness (QED) is 0.0158. The SMILES string of the molecule is CCCCC/C=C\C=C\C(=O)CCCCCCCC(=O)O[C@H](CO/C=C/CCCCCCCCCCCCCCCC)COP(=O)(O)OCCN. The van der Waals surface area contributed by atoms with E-state index in [1.165, 1.54) is 103 Å². The lowest BCUT2D eigenvalue weighted by Gasteiger charge is -2.19. The third-order valence-corrected chi connectivity index (χ3v) is 9.58. The van der Waals surface area contributed by atoms with E-state index < -0.39 is 19.9 Å². The first-order valence-electron chi connectivity index (χ1n) is 20.5. The maximum absolute atomic E-state index is 12.5. The largest absolute Gasteiger partial charge is 0.498 e. The lowest BCUT2D eigenvalue weighted by molar-refractivity contribution is -0.153. The number of rotatable bonds is 39. The lowest BCUT2D eigenvalue weighted by Crippen LogP contribution is -2.27. The van der Waals surface area contributed by atoms with Crippen molar-refractivity contribution in [3.05, 3.63) is 36.6 Å². The maximum atomic E-state index is 12.5. The molecule has 9 nitrogen and oxygen atoms in total. The minimum atomic E-state index is -4.32. The molecule has 0 saturated heterocycles. The van der Waals surface area contributed by atoms with Gasteiger partial charge >= 0.3 is 13.8 Å². The summed E-state index contributed by atoms with van der Waals surface area (Å²) < 4.78 is 33.0. The Morgan fingerprint density at radius 3 is 1.76 bits per heavy atom. The fourth-order valence-corrected chi connectivity index (χ4v) is 6.30. The highest BCUT2D eigenvalue weighted by Crippen LogP contribution is 2.43. The zero-order valence-electron chi connectivity index (χ0n) is 32.6. The summed E-state index contributed by atoms with van der Waals surface area (Å²) in [6, 6.07) is 0. The highest BCUT2D eigenvalue weighted by atomic mass is 31.2. The molecule has 0 fully saturated rings. The van der Waals surface area contributed by atoms with Crippen molar-refractivity contribution in [3.63, 3.8) is 0 Å². The Hall–Kier alpha value is -1.77. The van der Waals surface area contributed by atoms with Crippen LogP contribution >= 0.6 is 7.82 Å². The fourth-order valence-electron chi connectivity index (χ4n) is 5.53. The highest BCUT2D eigenvalue weighted by molar-refractivity contribution is 7.47. The van der Waals surface area contributed by atoms with Crippen molar-refractivity contribution in [1.82, 2.24) is 0 Å². The molecule has 0 heterocycles. The first-order chi connectivity index (χ1) is 24.8. The van der Waals surface area contributed by atoms with Crippen LogP contribution in [0.2, 0.25) is 0 Å². The molecule has 2 atom stereocenters. The molecule has 0 aromatic carbocycles. The van der Waals surface area contributed by atoms with E-state index in [9.17, 15) is 19.0 Å². The van der Waals surface area contributed by atoms with Crippen LogP contribution in [0, 0.1) is 0 Å². The Balaban J connectivity index is 4.20. The van der Waals surface area contributed by atoms with Crippen LogP contribution in [0.3, 0.4) is 0 Å². The number of nitrogens with two attached hydrogens (primary N) is 1. The highest BCUT2D eigenvalue weighted by Gasteiger charge is 2.25. The van der Waals surface area contributed by atoms with E-state index >= 15 is 0 Å². The van der Waals surface area contributed by atoms with Crippen LogP contribution in [-0.4, -0.2) is 49.1 Å². The van der Waals surface area contributed by atoms with Crippen LogP contribution in [0.1, 0.15) is 181 Å². The second kappa shape index (κ2) is 38.0. The number of hydrogen-bond donors (Lipinski definition) is 2. The van der Waals surface area contributed by atoms with Gasteiger partial charge in [0, 0.05) is 19.4 Å². The summed E-state index contributed by atoms with van der Waals surface area (Å²) in [4.78, 5) is 34.4. The van der Waals surface area contributed by atoms with E-state index in [1.54, 1.807) is 12.3 Å². The second-order valence-electron chi connectivity index (χ2n) is 13.6. The van der Waals surface area contributed by atoms with Gasteiger partial charge in [0.1, 0.15) is 6.61 Å². The molecular formula is C41H76NO8P. The van der Waals surface area contributed by atoms with Gasteiger partial charge in [-0.05, 0) is 50.7 Å². The summed E-state index contributed by atoms with van der Waals surface area (Å²) in [6.45, 7) is 4.05. The van der Waals surface area contributed by atoms with E-state index in [1.807, 2.05) is 18.2 Å². The third kappa shape index (κ3) is 37.8. The topological polar surface area (TPSA) is 134 Å². The number of allylic oxidation sites excluding steroid dienone is 5. The van der Waals surface area contributed by atoms with Gasteiger partial charge < -0.3 is 20.1 Å². The predicted molar refractivity (Wildman–Crippen MR) is 210 cm³/mol. The number of carbonyl (C=O) groups is 2. The van der Waals surface area contributed by atoms with E-state index in [4.69, 9.17) is 24.3 Å². The van der Waals surface area contributed by atoms with Gasteiger partial charge in [-0.1, -0.05) is 148 Å². The van der Waals surface area contributed by atoms with Gasteiger partial charge in [-0.2, -0.15) is 0 Å². The summed E-state index contributed by atoms with van der Waals surface area (Å²) in [6.07, 6.45) is 39.2. The fraction of sp³-hybridized carbons (Fsp3) is 0.805. The summed E-state index contributed by atoms with van der Waals surface area (Å²) >= 11 is 0. The Morgan fingerprint density at radius 2 is 1.16 bits per heavy atom. The molecule has 10 heteroatoms. The summed E-state index contributed by atoms with van der Waals surface area (Å²) in [5.41, 5.74) is 5.34. The molecule has 0 aliphatic heterocycles. The number of carbonyl (C=O) groups excluding carboxylic acids is 2. The minimum absolute atomic E-state index is 0.00497. The van der Waals surface area contributed by atoms with Crippen LogP contribution in [-0.2, 0) is 32.7 Å². The van der Waals surface area contributed by atoms with Crippen LogP contribution in [0.25, 0.3) is 0 Å². The van der Waals surface area contributed by atoms with E-state index in [0.717, 1.165) is 44.9 Å². The van der Waals surface area contributed by atoms with Crippen molar-refractivity contribution in [3.8, 4) is 0 Å². The van der Waals surface area contributed by atoms with Crippen molar-refractivity contribution in [2.45, 2.75) is 187 Å². The molecule has 0 spiro atoms. The zero-order valence-corrected chi connectivity index (χ0v) is 33.5. The van der Waals surface area contributed by atoms with Crippen molar-refractivity contribution < 1.29 is 37.6 Å². The molecule has 0 aliphatic rings. The number of ketones is 1. The molecule has 0 aliphatic carbocycles. The Bertz CT molecular complexity index is 939. The number of unbranched alkanes of at least 4 members (excludes halogenated alkanes) is 21. The molecule has 0 saturated carbocycles. The zero-order chi connectivity index (χ0) is 37.5. The van der Waals surface area contributed by atoms with Gasteiger partial charge in [-0.25, -0.2) is 4.57 Å². The first-order valence-corrected chi connectivity index (χ1v) is 22.0. The standard InChI is InChI=1S/C41H76NO8P/c1-3-5-7-9-11-12-13-14-15-16-17-18-19-21-26-30-35-47-37-40(38-49-51(45,46)48-36-34-42)50-41(44)33-29-25-22-24-28-32-39(43)31-27-23-20-10-8-6-4-2/h20,23,27,30-31,35,40H,3-19,21-22,24-26,28-29,32-34,36-38,42H2,1-2H3,(H,45,46)/b23-20-,31-27+,35-30+/t40-/m1/s1. The van der Waals surface area contributed by atoms with Crippen molar-refractivity contribution in [1.29, 1.82) is 0 Å². The summed E-state index contributed by atoms with van der Waals surface area (Å²) in [5.74, 6) is -0.282. The van der Waals surface area contributed by atoms with Gasteiger partial charge in [0.25, 0.3) is 0 Å². The van der Waals surface area contributed by atoms with Gasteiger partial charge in [0.2, 0.25) is 0 Å². The first kappa shape index (κ1) is 49.2. The smallest absolute Gasteiger partial charge is 0.472 e. The molecule has 298 valence electrons. The second-order valence-corrected chi connectivity index (χ2v) is 15.1. The molecule has 0 bridgehead atoms. The number of hydrogen-bond acceptors (Lipinski definition) is 8. The van der Waals surface area contributed by atoms with E-state index in [-0.39, 0.29) is 38.6 Å². The number of esters is 1. The molecule has 3 N–H and O–H groups in total. The molecule has 0 aromatic rings. The van der Waals surface area contributed by atoms with Gasteiger partial charge in [0.15, 0.2) is 11.9 Å². The van der Waals surface area contributed by atoms with E-state index in [0.29, 0.717) is 12.8 Å². The lowest BCUT2D eigenvalue weighted by atomic mass is 10.0. The Kier molecular flexibility index (Phi) is 36.7. The average molecular weight is 742 g/mol. The summed E-state index contributed by atoms with van der Waals surface area (Å²) in [5, 5.41) is 0. The monoisotopic (exact) mass is 742 g/mol. The predicted octanol–water partition coefficient (Wildman–Crippen LogP) is 11.4. The summed E-state index contributed by atoms with van der Waals surface area (Å²) in [7, 11) is -4.32. The maximum Gasteiger partial charge on any atom is 0.472 e. The van der Waals surface area contributed by atoms with Crippen molar-refractivity contribution in [2.75, 3.05) is 26.4 Å². The molecule has 0 radical (unpaired) electrons. The molecular weight excluding hydrogens is 665 g/mol. The molecule has 1 unspecified atom stereocenters. The van der Waals surface area contributed by atoms with Crippen molar-refractivity contribution in [2.24, 2.45) is 5.73 Å². The van der Waals surface area contributed by atoms with Gasteiger partial charge in [0.05, 0.1) is 19.5 Å². The molecule has 0 amide bonds.